The van der Waals surface area contributed by atoms with Crippen LogP contribution in [-0.4, -0.2) is 51.5 Å². The molecule has 1 amide bonds. The lowest BCUT2D eigenvalue weighted by molar-refractivity contribution is 0.101. The van der Waals surface area contributed by atoms with Crippen LogP contribution in [0.4, 0.5) is 5.82 Å². The molecular weight excluding hydrogens is 420 g/mol. The van der Waals surface area contributed by atoms with E-state index in [1.807, 2.05) is 44.3 Å². The molecule has 0 fully saturated rings. The van der Waals surface area contributed by atoms with Gasteiger partial charge in [-0.05, 0) is 65.3 Å². The number of aryl methyl sites for hydroxylation is 1. The molecule has 3 aromatic rings. The number of carbonyl (C=O) groups is 1. The van der Waals surface area contributed by atoms with Crippen LogP contribution in [0.5, 0.6) is 0 Å². The lowest BCUT2D eigenvalue weighted by atomic mass is 10.2. The summed E-state index contributed by atoms with van der Waals surface area (Å²) in [5.41, 5.74) is 3.08. The average molecular weight is 439 g/mol. The third kappa shape index (κ3) is 3.68. The second-order valence-corrected chi connectivity index (χ2v) is 7.49. The van der Waals surface area contributed by atoms with Crippen LogP contribution >= 0.6 is 15.9 Å². The lowest BCUT2D eigenvalue weighted by Gasteiger charge is -2.14. The number of aromatic nitrogens is 3. The van der Waals surface area contributed by atoms with Gasteiger partial charge in [0, 0.05) is 29.8 Å². The normalized spacial score (nSPS) is 13.5. The lowest BCUT2D eigenvalue weighted by Crippen LogP contribution is -2.23. The van der Waals surface area contributed by atoms with Gasteiger partial charge in [0.05, 0.1) is 17.9 Å². The molecule has 1 N–H and O–H groups in total. The Morgan fingerprint density at radius 2 is 1.96 bits per heavy atom. The van der Waals surface area contributed by atoms with Crippen molar-refractivity contribution in [2.75, 3.05) is 25.5 Å². The number of amidine groups is 1. The maximum absolute atomic E-state index is 12.8. The van der Waals surface area contributed by atoms with Crippen molar-refractivity contribution in [2.45, 2.75) is 6.92 Å². The van der Waals surface area contributed by atoms with Crippen LogP contribution in [0, 0.1) is 6.92 Å². The highest BCUT2D eigenvalue weighted by Gasteiger charge is 2.18. The number of rotatable bonds is 4. The van der Waals surface area contributed by atoms with Crippen molar-refractivity contribution in [3.05, 3.63) is 70.1 Å². The first kappa shape index (κ1) is 18.4. The van der Waals surface area contributed by atoms with Crippen molar-refractivity contribution < 1.29 is 4.79 Å². The largest absolute Gasteiger partial charge is 0.358 e. The van der Waals surface area contributed by atoms with E-state index in [0.29, 0.717) is 11.5 Å². The first-order chi connectivity index (χ1) is 13.5. The van der Waals surface area contributed by atoms with Crippen LogP contribution < -0.4 is 5.32 Å². The first-order valence-electron chi connectivity index (χ1n) is 8.87. The maximum atomic E-state index is 12.8. The van der Waals surface area contributed by atoms with E-state index >= 15 is 0 Å². The van der Waals surface area contributed by atoms with Gasteiger partial charge < -0.3 is 10.2 Å². The molecule has 0 saturated carbocycles. The monoisotopic (exact) mass is 438 g/mol. The summed E-state index contributed by atoms with van der Waals surface area (Å²) in [7, 11) is 2.04. The molecule has 0 unspecified atom stereocenters. The predicted molar refractivity (Wildman–Crippen MR) is 112 cm³/mol. The highest BCUT2D eigenvalue weighted by atomic mass is 79.9. The van der Waals surface area contributed by atoms with Gasteiger partial charge in [-0.25, -0.2) is 9.67 Å². The molecule has 28 heavy (non-hydrogen) atoms. The Hall–Kier alpha value is -3.00. The van der Waals surface area contributed by atoms with Crippen molar-refractivity contribution in [1.29, 1.82) is 0 Å². The number of hydrogen-bond donors (Lipinski definition) is 1. The number of pyridine rings is 1. The molecule has 0 atom stereocenters. The standard InChI is InChI=1S/C20H19BrN6O/c1-13-11-17(20(28)24-18-8-5-15(21)12-23-18)27(25-13)16-6-3-14(4-7-16)19-22-9-10-26(19)2/h3-8,11-12H,9-10H2,1-2H3,(H,23,24,28). The zero-order valence-corrected chi connectivity index (χ0v) is 17.1. The van der Waals surface area contributed by atoms with Gasteiger partial charge in [0.25, 0.3) is 5.91 Å². The SMILES string of the molecule is Cc1cc(C(=O)Nc2ccc(Br)cn2)n(-c2ccc(C3=NCCN3C)cc2)n1. The molecule has 1 aliphatic heterocycles. The van der Waals surface area contributed by atoms with Crippen LogP contribution in [0.2, 0.25) is 0 Å². The quantitative estimate of drug-likeness (QED) is 0.677. The van der Waals surface area contributed by atoms with Crippen molar-refractivity contribution >= 4 is 33.5 Å². The van der Waals surface area contributed by atoms with Crippen molar-refractivity contribution in [1.82, 2.24) is 19.7 Å². The number of nitrogens with one attached hydrogen (secondary N) is 1. The predicted octanol–water partition coefficient (Wildman–Crippen LogP) is 3.28. The fraction of sp³-hybridized carbons (Fsp3) is 0.200. The summed E-state index contributed by atoms with van der Waals surface area (Å²) in [6, 6.07) is 13.2. The Morgan fingerprint density at radius 3 is 2.61 bits per heavy atom. The number of benzene rings is 1. The van der Waals surface area contributed by atoms with Crippen LogP contribution in [0.1, 0.15) is 21.7 Å². The minimum absolute atomic E-state index is 0.264. The first-order valence-corrected chi connectivity index (χ1v) is 9.66. The van der Waals surface area contributed by atoms with E-state index < -0.39 is 0 Å². The minimum Gasteiger partial charge on any atom is -0.358 e. The summed E-state index contributed by atoms with van der Waals surface area (Å²) in [6.07, 6.45) is 1.64. The molecule has 1 aliphatic rings. The smallest absolute Gasteiger partial charge is 0.275 e. The molecule has 2 aromatic heterocycles. The molecule has 1 aromatic carbocycles. The van der Waals surface area contributed by atoms with E-state index in [1.54, 1.807) is 23.0 Å². The molecule has 3 heterocycles. The number of carbonyl (C=O) groups excluding carboxylic acids is 1. The zero-order valence-electron chi connectivity index (χ0n) is 15.6. The van der Waals surface area contributed by atoms with Crippen molar-refractivity contribution in [2.24, 2.45) is 4.99 Å². The van der Waals surface area contributed by atoms with Gasteiger partial charge in [0.1, 0.15) is 17.3 Å². The van der Waals surface area contributed by atoms with Crippen molar-refractivity contribution in [3.8, 4) is 5.69 Å². The summed E-state index contributed by atoms with van der Waals surface area (Å²) in [4.78, 5) is 23.6. The number of anilines is 1. The fourth-order valence-electron chi connectivity index (χ4n) is 3.08. The summed E-state index contributed by atoms with van der Waals surface area (Å²) in [6.45, 7) is 3.62. The van der Waals surface area contributed by atoms with Gasteiger partial charge >= 0.3 is 0 Å². The molecule has 4 rings (SSSR count). The fourth-order valence-corrected chi connectivity index (χ4v) is 3.32. The summed E-state index contributed by atoms with van der Waals surface area (Å²) in [5, 5.41) is 7.30. The highest BCUT2D eigenvalue weighted by Crippen LogP contribution is 2.18. The second kappa shape index (κ2) is 7.55. The zero-order chi connectivity index (χ0) is 19.7. The van der Waals surface area contributed by atoms with Crippen LogP contribution in [0.3, 0.4) is 0 Å². The van der Waals surface area contributed by atoms with E-state index in [1.165, 1.54) is 0 Å². The number of amides is 1. The van der Waals surface area contributed by atoms with Gasteiger partial charge in [0.15, 0.2) is 0 Å². The summed E-state index contributed by atoms with van der Waals surface area (Å²) < 4.78 is 2.50. The van der Waals surface area contributed by atoms with Crippen LogP contribution in [-0.2, 0) is 0 Å². The molecule has 7 nitrogen and oxygen atoms in total. The second-order valence-electron chi connectivity index (χ2n) is 6.57. The topological polar surface area (TPSA) is 75.4 Å². The molecule has 0 aliphatic carbocycles. The minimum atomic E-state index is -0.264. The summed E-state index contributed by atoms with van der Waals surface area (Å²) in [5.74, 6) is 1.21. The summed E-state index contributed by atoms with van der Waals surface area (Å²) >= 11 is 3.34. The Bertz CT molecular complexity index is 1040. The number of nitrogens with zero attached hydrogens (tertiary/aromatic N) is 5. The van der Waals surface area contributed by atoms with Gasteiger partial charge in [-0.1, -0.05) is 0 Å². The highest BCUT2D eigenvalue weighted by molar-refractivity contribution is 9.10. The molecule has 142 valence electrons. The maximum Gasteiger partial charge on any atom is 0.275 e. The molecule has 0 radical (unpaired) electrons. The Morgan fingerprint density at radius 1 is 1.18 bits per heavy atom. The Kier molecular flexibility index (Phi) is 4.95. The number of aliphatic imine (C=N–C) groups is 1. The van der Waals surface area contributed by atoms with Crippen molar-refractivity contribution in [3.63, 3.8) is 0 Å². The van der Waals surface area contributed by atoms with E-state index in [2.05, 4.69) is 41.2 Å². The third-order valence-corrected chi connectivity index (χ3v) is 4.93. The van der Waals surface area contributed by atoms with Gasteiger partial charge in [0.2, 0.25) is 0 Å². The van der Waals surface area contributed by atoms with E-state index in [9.17, 15) is 4.79 Å². The van der Waals surface area contributed by atoms with E-state index in [-0.39, 0.29) is 5.91 Å². The Labute approximate surface area is 171 Å². The van der Waals surface area contributed by atoms with Gasteiger partial charge in [-0.15, -0.1) is 0 Å². The molecule has 8 heteroatoms. The number of hydrogen-bond acceptors (Lipinski definition) is 5. The van der Waals surface area contributed by atoms with E-state index in [4.69, 9.17) is 0 Å². The van der Waals surface area contributed by atoms with Crippen LogP contribution in [0.15, 0.2) is 58.1 Å². The van der Waals surface area contributed by atoms with Gasteiger partial charge in [-0.2, -0.15) is 5.10 Å². The Balaban J connectivity index is 1.60. The molecule has 0 spiro atoms. The average Bonchev–Trinajstić information content (AvgIpc) is 3.29. The molecule has 0 bridgehead atoms. The molecular formula is C20H19BrN6O. The third-order valence-electron chi connectivity index (χ3n) is 4.46. The number of likely N-dealkylation sites (N-methyl/N-ethyl adjacent to an activating group) is 1. The number of halogens is 1. The van der Waals surface area contributed by atoms with Crippen LogP contribution in [0.25, 0.3) is 5.69 Å². The van der Waals surface area contributed by atoms with E-state index in [0.717, 1.165) is 40.3 Å². The molecule has 0 saturated heterocycles. The van der Waals surface area contributed by atoms with Gasteiger partial charge in [-0.3, -0.25) is 9.79 Å².